The molecular weight excluding hydrogens is 289 g/mol. The first kappa shape index (κ1) is 12.0. The predicted molar refractivity (Wildman–Crippen MR) is 65.6 cm³/mol. The third-order valence-electron chi connectivity index (χ3n) is 2.51. The van der Waals surface area contributed by atoms with Gasteiger partial charge in [0.2, 0.25) is 0 Å². The maximum atomic E-state index is 13.2. The Kier molecular flexibility index (Phi) is 3.11. The molecule has 17 heavy (non-hydrogen) atoms. The summed E-state index contributed by atoms with van der Waals surface area (Å²) in [4.78, 5) is 24.7. The number of Topliss-reactive ketones (excluding diaryl/α,β-unsaturated/α-hetero) is 1. The molecule has 88 valence electrons. The first-order valence-electron chi connectivity index (χ1n) is 5.02. The lowest BCUT2D eigenvalue weighted by molar-refractivity contribution is -0.114. The van der Waals surface area contributed by atoms with Crippen LogP contribution in [0.1, 0.15) is 17.3 Å². The maximum Gasteiger partial charge on any atom is 0.299 e. The number of carbonyl (C=O) groups excluding carboxylic acids is 2. The molecule has 1 heterocycles. The molecule has 0 atom stereocenters. The number of benzene rings is 1. The SMILES string of the molecule is C/C=C/CN1C(=O)C(=O)c2cc(F)cc(Br)c21. The van der Waals surface area contributed by atoms with Crippen molar-refractivity contribution < 1.29 is 14.0 Å². The van der Waals surface area contributed by atoms with Crippen LogP contribution in [0.25, 0.3) is 0 Å². The molecule has 0 aromatic heterocycles. The van der Waals surface area contributed by atoms with Crippen LogP contribution in [0.4, 0.5) is 10.1 Å². The van der Waals surface area contributed by atoms with Gasteiger partial charge in [-0.15, -0.1) is 0 Å². The van der Waals surface area contributed by atoms with Crippen molar-refractivity contribution in [2.45, 2.75) is 6.92 Å². The lowest BCUT2D eigenvalue weighted by Gasteiger charge is -2.15. The van der Waals surface area contributed by atoms with Gasteiger partial charge in [0.15, 0.2) is 0 Å². The highest BCUT2D eigenvalue weighted by atomic mass is 79.9. The third-order valence-corrected chi connectivity index (χ3v) is 3.11. The molecule has 2 rings (SSSR count). The van der Waals surface area contributed by atoms with Gasteiger partial charge in [-0.1, -0.05) is 12.2 Å². The topological polar surface area (TPSA) is 37.4 Å². The molecule has 0 N–H and O–H groups in total. The van der Waals surface area contributed by atoms with Crippen LogP contribution < -0.4 is 4.90 Å². The number of halogens is 2. The van der Waals surface area contributed by atoms with Gasteiger partial charge in [-0.25, -0.2) is 4.39 Å². The van der Waals surface area contributed by atoms with Crippen molar-refractivity contribution in [3.05, 3.63) is 40.1 Å². The van der Waals surface area contributed by atoms with E-state index in [1.807, 2.05) is 6.92 Å². The van der Waals surface area contributed by atoms with Gasteiger partial charge < -0.3 is 0 Å². The van der Waals surface area contributed by atoms with Crippen molar-refractivity contribution >= 4 is 33.3 Å². The number of amides is 1. The lowest BCUT2D eigenvalue weighted by atomic mass is 10.1. The number of rotatable bonds is 2. The predicted octanol–water partition coefficient (Wildman–Crippen LogP) is 2.69. The number of carbonyl (C=O) groups is 2. The average molecular weight is 298 g/mol. The zero-order valence-electron chi connectivity index (χ0n) is 9.04. The molecule has 0 spiro atoms. The molecule has 1 aromatic carbocycles. The maximum absolute atomic E-state index is 13.2. The number of nitrogens with zero attached hydrogens (tertiary/aromatic N) is 1. The summed E-state index contributed by atoms with van der Waals surface area (Å²) in [7, 11) is 0. The van der Waals surface area contributed by atoms with E-state index >= 15 is 0 Å². The molecule has 0 unspecified atom stereocenters. The highest BCUT2D eigenvalue weighted by Crippen LogP contribution is 2.36. The van der Waals surface area contributed by atoms with Crippen molar-refractivity contribution in [2.24, 2.45) is 0 Å². The van der Waals surface area contributed by atoms with Crippen LogP contribution >= 0.6 is 15.9 Å². The van der Waals surface area contributed by atoms with E-state index in [-0.39, 0.29) is 5.56 Å². The van der Waals surface area contributed by atoms with E-state index in [9.17, 15) is 14.0 Å². The van der Waals surface area contributed by atoms with E-state index < -0.39 is 17.5 Å². The van der Waals surface area contributed by atoms with E-state index in [0.717, 1.165) is 6.07 Å². The summed E-state index contributed by atoms with van der Waals surface area (Å²) in [5.74, 6) is -1.82. The van der Waals surface area contributed by atoms with Gasteiger partial charge in [0.25, 0.3) is 11.7 Å². The average Bonchev–Trinajstić information content (AvgIpc) is 2.51. The third kappa shape index (κ3) is 1.91. The fraction of sp³-hybridized carbons (Fsp3) is 0.167. The molecule has 1 aliphatic heterocycles. The second-order valence-electron chi connectivity index (χ2n) is 3.60. The molecule has 0 aliphatic carbocycles. The largest absolute Gasteiger partial charge is 0.300 e. The van der Waals surface area contributed by atoms with Crippen LogP contribution in [0.5, 0.6) is 0 Å². The quantitative estimate of drug-likeness (QED) is 0.622. The monoisotopic (exact) mass is 297 g/mol. The first-order chi connectivity index (χ1) is 8.06. The Morgan fingerprint density at radius 2 is 2.12 bits per heavy atom. The highest BCUT2D eigenvalue weighted by Gasteiger charge is 2.37. The van der Waals surface area contributed by atoms with E-state index in [2.05, 4.69) is 15.9 Å². The number of fused-ring (bicyclic) bond motifs is 1. The van der Waals surface area contributed by atoms with Crippen LogP contribution in [0, 0.1) is 5.82 Å². The van der Waals surface area contributed by atoms with Crippen LogP contribution in [-0.2, 0) is 4.79 Å². The molecule has 0 fully saturated rings. The van der Waals surface area contributed by atoms with Crippen molar-refractivity contribution in [1.82, 2.24) is 0 Å². The summed E-state index contributed by atoms with van der Waals surface area (Å²) in [5.41, 5.74) is 0.561. The van der Waals surface area contributed by atoms with Gasteiger partial charge >= 0.3 is 0 Å². The number of ketones is 1. The Balaban J connectivity index is 2.56. The normalized spacial score (nSPS) is 14.9. The van der Waals surface area contributed by atoms with E-state index in [4.69, 9.17) is 0 Å². The molecule has 0 radical (unpaired) electrons. The first-order valence-corrected chi connectivity index (χ1v) is 5.82. The van der Waals surface area contributed by atoms with Gasteiger partial charge in [-0.05, 0) is 35.0 Å². The Morgan fingerprint density at radius 3 is 2.76 bits per heavy atom. The molecule has 0 bridgehead atoms. The van der Waals surface area contributed by atoms with Gasteiger partial charge in [0.05, 0.1) is 11.3 Å². The fourth-order valence-electron chi connectivity index (χ4n) is 1.74. The summed E-state index contributed by atoms with van der Waals surface area (Å²) in [6.07, 6.45) is 3.54. The Labute approximate surface area is 106 Å². The molecule has 0 saturated carbocycles. The number of allylic oxidation sites excluding steroid dienone is 1. The Bertz CT molecular complexity index is 540. The molecule has 1 aliphatic rings. The number of anilines is 1. The molecule has 3 nitrogen and oxygen atoms in total. The Hall–Kier alpha value is -1.49. The van der Waals surface area contributed by atoms with Crippen LogP contribution in [0.15, 0.2) is 28.8 Å². The number of hydrogen-bond donors (Lipinski definition) is 0. The molecule has 5 heteroatoms. The van der Waals surface area contributed by atoms with E-state index in [0.29, 0.717) is 16.7 Å². The second kappa shape index (κ2) is 4.41. The highest BCUT2D eigenvalue weighted by molar-refractivity contribution is 9.10. The standard InChI is InChI=1S/C12H9BrFNO2/c1-2-3-4-15-10-8(11(16)12(15)17)5-7(14)6-9(10)13/h2-3,5-6H,4H2,1H3/b3-2+. The molecule has 1 amide bonds. The molecule has 1 aromatic rings. The van der Waals surface area contributed by atoms with Crippen LogP contribution in [0.3, 0.4) is 0 Å². The van der Waals surface area contributed by atoms with Crippen LogP contribution in [0.2, 0.25) is 0 Å². The molecule has 0 saturated heterocycles. The van der Waals surface area contributed by atoms with Gasteiger partial charge in [0, 0.05) is 11.0 Å². The lowest BCUT2D eigenvalue weighted by Crippen LogP contribution is -2.29. The summed E-state index contributed by atoms with van der Waals surface area (Å²) >= 11 is 3.18. The van der Waals surface area contributed by atoms with E-state index in [1.54, 1.807) is 12.2 Å². The van der Waals surface area contributed by atoms with Crippen molar-refractivity contribution in [3.63, 3.8) is 0 Å². The van der Waals surface area contributed by atoms with Crippen molar-refractivity contribution in [2.75, 3.05) is 11.4 Å². The zero-order chi connectivity index (χ0) is 12.6. The summed E-state index contributed by atoms with van der Waals surface area (Å²) in [6, 6.07) is 2.34. The van der Waals surface area contributed by atoms with Gasteiger partial charge in [-0.2, -0.15) is 0 Å². The minimum Gasteiger partial charge on any atom is -0.300 e. The van der Waals surface area contributed by atoms with E-state index in [1.165, 1.54) is 11.0 Å². The molecular formula is C12H9BrFNO2. The van der Waals surface area contributed by atoms with Gasteiger partial charge in [-0.3, -0.25) is 14.5 Å². The minimum absolute atomic E-state index is 0.117. The van der Waals surface area contributed by atoms with Crippen LogP contribution in [-0.4, -0.2) is 18.2 Å². The zero-order valence-corrected chi connectivity index (χ0v) is 10.6. The number of hydrogen-bond acceptors (Lipinski definition) is 2. The smallest absolute Gasteiger partial charge is 0.299 e. The minimum atomic E-state index is -0.662. The van der Waals surface area contributed by atoms with Gasteiger partial charge in [0.1, 0.15) is 5.82 Å². The summed E-state index contributed by atoms with van der Waals surface area (Å²) in [6.45, 7) is 2.13. The Morgan fingerprint density at radius 1 is 1.41 bits per heavy atom. The fourth-order valence-corrected chi connectivity index (χ4v) is 2.38. The summed E-state index contributed by atoms with van der Waals surface area (Å²) < 4.78 is 13.6. The van der Waals surface area contributed by atoms with Crippen molar-refractivity contribution in [3.8, 4) is 0 Å². The summed E-state index contributed by atoms with van der Waals surface area (Å²) in [5, 5.41) is 0. The van der Waals surface area contributed by atoms with Crippen molar-refractivity contribution in [1.29, 1.82) is 0 Å². The second-order valence-corrected chi connectivity index (χ2v) is 4.45.